The molecule has 4 rings (SSSR count). The van der Waals surface area contributed by atoms with Crippen molar-refractivity contribution < 1.29 is 17.6 Å². The number of nitrogens with one attached hydrogen (secondary N) is 1. The van der Waals surface area contributed by atoms with E-state index in [0.29, 0.717) is 22.8 Å². The highest BCUT2D eigenvalue weighted by Crippen LogP contribution is 2.32. The molecule has 2 heterocycles. The van der Waals surface area contributed by atoms with Crippen molar-refractivity contribution in [1.29, 1.82) is 0 Å². The molecule has 3 aromatic rings. The molecule has 1 aliphatic rings. The molecule has 2 atom stereocenters. The number of hydrogen-bond acceptors (Lipinski definition) is 6. The zero-order valence-corrected chi connectivity index (χ0v) is 19.3. The van der Waals surface area contributed by atoms with Crippen LogP contribution in [-0.2, 0) is 16.4 Å². The first kappa shape index (κ1) is 22.5. The SMILES string of the molecule is CN(C)CC1CCCC(S(=O)(=O)c2ccc(CNC(=O)c3cc4ccncc4o3)cc2)C1. The van der Waals surface area contributed by atoms with E-state index in [2.05, 4.69) is 15.2 Å². The van der Waals surface area contributed by atoms with Gasteiger partial charge in [-0.25, -0.2) is 8.42 Å². The number of hydrogen-bond donors (Lipinski definition) is 1. The van der Waals surface area contributed by atoms with Crippen LogP contribution in [0.5, 0.6) is 0 Å². The third-order valence-electron chi connectivity index (χ3n) is 6.05. The number of pyridine rings is 1. The highest BCUT2D eigenvalue weighted by atomic mass is 32.2. The minimum absolute atomic E-state index is 0.219. The summed E-state index contributed by atoms with van der Waals surface area (Å²) in [6, 6.07) is 10.3. The van der Waals surface area contributed by atoms with Gasteiger partial charge in [0.05, 0.1) is 16.3 Å². The lowest BCUT2D eigenvalue weighted by Gasteiger charge is -2.30. The molecule has 1 saturated carbocycles. The molecule has 2 unspecified atom stereocenters. The van der Waals surface area contributed by atoms with Crippen LogP contribution in [0.15, 0.2) is 58.1 Å². The van der Waals surface area contributed by atoms with Crippen molar-refractivity contribution in [1.82, 2.24) is 15.2 Å². The van der Waals surface area contributed by atoms with Crippen LogP contribution in [0.25, 0.3) is 11.0 Å². The second kappa shape index (κ2) is 9.42. The van der Waals surface area contributed by atoms with Crippen molar-refractivity contribution in [2.24, 2.45) is 5.92 Å². The quantitative estimate of drug-likeness (QED) is 0.585. The molecule has 0 saturated heterocycles. The topological polar surface area (TPSA) is 92.5 Å². The van der Waals surface area contributed by atoms with Crippen LogP contribution in [0, 0.1) is 5.92 Å². The third kappa shape index (κ3) is 5.02. The van der Waals surface area contributed by atoms with Gasteiger partial charge >= 0.3 is 0 Å². The Morgan fingerprint density at radius 1 is 1.19 bits per heavy atom. The average Bonchev–Trinajstić information content (AvgIpc) is 3.22. The highest BCUT2D eigenvalue weighted by molar-refractivity contribution is 7.92. The molecule has 8 heteroatoms. The number of carbonyl (C=O) groups excluding carboxylic acids is 1. The van der Waals surface area contributed by atoms with Gasteiger partial charge in [-0.3, -0.25) is 9.78 Å². The fourth-order valence-electron chi connectivity index (χ4n) is 4.46. The Morgan fingerprint density at radius 2 is 1.97 bits per heavy atom. The molecule has 1 fully saturated rings. The van der Waals surface area contributed by atoms with E-state index in [9.17, 15) is 13.2 Å². The number of benzene rings is 1. The third-order valence-corrected chi connectivity index (χ3v) is 8.28. The second-order valence-electron chi connectivity index (χ2n) is 8.81. The number of carbonyl (C=O) groups is 1. The van der Waals surface area contributed by atoms with Crippen molar-refractivity contribution in [2.45, 2.75) is 42.4 Å². The molecule has 0 radical (unpaired) electrons. The number of rotatable bonds is 7. The zero-order chi connectivity index (χ0) is 22.7. The fourth-order valence-corrected chi connectivity index (χ4v) is 6.36. The second-order valence-corrected chi connectivity index (χ2v) is 11.0. The van der Waals surface area contributed by atoms with Crippen LogP contribution >= 0.6 is 0 Å². The van der Waals surface area contributed by atoms with Crippen LogP contribution in [0.3, 0.4) is 0 Å². The molecule has 1 aliphatic carbocycles. The molecular formula is C24H29N3O4S. The number of furan rings is 1. The molecule has 7 nitrogen and oxygen atoms in total. The summed E-state index contributed by atoms with van der Waals surface area (Å²) in [5, 5.41) is 3.30. The van der Waals surface area contributed by atoms with E-state index in [-0.39, 0.29) is 23.5 Å². The lowest BCUT2D eigenvalue weighted by molar-refractivity contribution is 0.0925. The molecule has 0 bridgehead atoms. The van der Waals surface area contributed by atoms with Crippen molar-refractivity contribution in [3.05, 3.63) is 60.1 Å². The summed E-state index contributed by atoms with van der Waals surface area (Å²) in [7, 11) is 0.694. The maximum atomic E-state index is 13.2. The fraction of sp³-hybridized carbons (Fsp3) is 0.417. The Balaban J connectivity index is 1.38. The summed E-state index contributed by atoms with van der Waals surface area (Å²) < 4.78 is 31.9. The van der Waals surface area contributed by atoms with Crippen LogP contribution in [0.1, 0.15) is 41.8 Å². The average molecular weight is 456 g/mol. The number of sulfone groups is 1. The van der Waals surface area contributed by atoms with Crippen LogP contribution in [-0.4, -0.2) is 50.1 Å². The number of nitrogens with zero attached hydrogens (tertiary/aromatic N) is 2. The molecule has 1 aromatic carbocycles. The highest BCUT2D eigenvalue weighted by Gasteiger charge is 2.33. The number of fused-ring (bicyclic) bond motifs is 1. The van der Waals surface area contributed by atoms with E-state index in [1.807, 2.05) is 14.1 Å². The van der Waals surface area contributed by atoms with Gasteiger partial charge in [0.2, 0.25) is 0 Å². The summed E-state index contributed by atoms with van der Waals surface area (Å²) in [6.07, 6.45) is 6.68. The lowest BCUT2D eigenvalue weighted by Crippen LogP contribution is -2.33. The first-order chi connectivity index (χ1) is 15.3. The van der Waals surface area contributed by atoms with E-state index >= 15 is 0 Å². The van der Waals surface area contributed by atoms with E-state index in [1.54, 1.807) is 48.8 Å². The van der Waals surface area contributed by atoms with Crippen molar-refractivity contribution in [2.75, 3.05) is 20.6 Å². The summed E-state index contributed by atoms with van der Waals surface area (Å²) in [5.74, 6) is 0.311. The largest absolute Gasteiger partial charge is 0.449 e. The predicted octanol–water partition coefficient (Wildman–Crippen LogP) is 3.65. The van der Waals surface area contributed by atoms with Gasteiger partial charge in [-0.2, -0.15) is 0 Å². The van der Waals surface area contributed by atoms with Gasteiger partial charge in [-0.05, 0) is 69.1 Å². The van der Waals surface area contributed by atoms with Crippen molar-refractivity contribution >= 4 is 26.7 Å². The standard InChI is InChI=1S/C24H29N3O4S/c1-27(2)16-18-4-3-5-21(12-18)32(29,30)20-8-6-17(7-9-20)14-26-24(28)22-13-19-10-11-25-15-23(19)31-22/h6-11,13,15,18,21H,3-5,12,14,16H2,1-2H3,(H,26,28). The summed E-state index contributed by atoms with van der Waals surface area (Å²) in [4.78, 5) is 18.9. The number of aromatic nitrogens is 1. The van der Waals surface area contributed by atoms with Gasteiger partial charge in [0.25, 0.3) is 5.91 Å². The smallest absolute Gasteiger partial charge is 0.287 e. The van der Waals surface area contributed by atoms with Crippen molar-refractivity contribution in [3.8, 4) is 0 Å². The van der Waals surface area contributed by atoms with E-state index in [4.69, 9.17) is 4.42 Å². The van der Waals surface area contributed by atoms with Crippen LogP contribution in [0.2, 0.25) is 0 Å². The van der Waals surface area contributed by atoms with E-state index in [1.165, 1.54) is 0 Å². The van der Waals surface area contributed by atoms with Crippen LogP contribution < -0.4 is 5.32 Å². The monoisotopic (exact) mass is 455 g/mol. The van der Waals surface area contributed by atoms with E-state index in [0.717, 1.165) is 36.8 Å². The first-order valence-electron chi connectivity index (χ1n) is 10.9. The lowest BCUT2D eigenvalue weighted by atomic mass is 9.88. The minimum Gasteiger partial charge on any atom is -0.449 e. The molecule has 1 amide bonds. The molecular weight excluding hydrogens is 426 g/mol. The summed E-state index contributed by atoms with van der Waals surface area (Å²) in [6.45, 7) is 1.20. The maximum Gasteiger partial charge on any atom is 0.287 e. The Morgan fingerprint density at radius 3 is 2.69 bits per heavy atom. The minimum atomic E-state index is -3.36. The molecule has 0 spiro atoms. The van der Waals surface area contributed by atoms with Gasteiger partial charge in [0.1, 0.15) is 0 Å². The number of amides is 1. The van der Waals surface area contributed by atoms with Gasteiger partial charge in [-0.1, -0.05) is 18.6 Å². The summed E-state index contributed by atoms with van der Waals surface area (Å²) in [5.41, 5.74) is 1.38. The molecule has 0 aliphatic heterocycles. The van der Waals surface area contributed by atoms with Crippen molar-refractivity contribution in [3.63, 3.8) is 0 Å². The normalized spacial score (nSPS) is 19.3. The maximum absolute atomic E-state index is 13.2. The Kier molecular flexibility index (Phi) is 6.62. The van der Waals surface area contributed by atoms with Gasteiger partial charge < -0.3 is 14.6 Å². The summed E-state index contributed by atoms with van der Waals surface area (Å²) >= 11 is 0. The molecule has 1 N–H and O–H groups in total. The van der Waals surface area contributed by atoms with Gasteiger partial charge in [-0.15, -0.1) is 0 Å². The molecule has 170 valence electrons. The van der Waals surface area contributed by atoms with E-state index < -0.39 is 9.84 Å². The predicted molar refractivity (Wildman–Crippen MR) is 123 cm³/mol. The Hall–Kier alpha value is -2.71. The van der Waals surface area contributed by atoms with Gasteiger partial charge in [0.15, 0.2) is 21.2 Å². The molecule has 32 heavy (non-hydrogen) atoms. The Labute approximate surface area is 188 Å². The zero-order valence-electron chi connectivity index (χ0n) is 18.5. The van der Waals surface area contributed by atoms with Crippen LogP contribution in [0.4, 0.5) is 0 Å². The molecule has 2 aromatic heterocycles. The first-order valence-corrected chi connectivity index (χ1v) is 12.5. The Bertz CT molecular complexity index is 1150. The van der Waals surface area contributed by atoms with Gasteiger partial charge in [0, 0.05) is 24.7 Å².